The number of hydrogen-bond acceptors (Lipinski definition) is 6. The van der Waals surface area contributed by atoms with E-state index in [0.717, 1.165) is 28.4 Å². The van der Waals surface area contributed by atoms with E-state index in [2.05, 4.69) is 4.98 Å². The fourth-order valence-electron chi connectivity index (χ4n) is 3.79. The Morgan fingerprint density at radius 2 is 1.70 bits per heavy atom. The predicted octanol–water partition coefficient (Wildman–Crippen LogP) is 4.91. The number of rotatable bonds is 3. The highest BCUT2D eigenvalue weighted by molar-refractivity contribution is 7.22. The number of Topliss-reactive ketones (excluding diaryl/α,β-unsaturated/α-hetero) is 1. The van der Waals surface area contributed by atoms with Crippen molar-refractivity contribution in [2.75, 3.05) is 4.90 Å². The molecule has 2 heterocycles. The minimum Gasteiger partial charge on any atom is -0.508 e. The SMILES string of the molecule is O=C1C(=O)N(c2nc3ccc(F)cc3s2)C(c2cccc(O)c2)/C1=C(\O)c1ccc(F)cc1. The number of aromatic nitrogens is 1. The first kappa shape index (κ1) is 20.8. The maximum atomic E-state index is 13.7. The Bertz CT molecular complexity index is 1460. The molecule has 1 aliphatic heterocycles. The molecule has 0 radical (unpaired) electrons. The maximum absolute atomic E-state index is 13.7. The first-order valence-electron chi connectivity index (χ1n) is 9.75. The largest absolute Gasteiger partial charge is 0.508 e. The zero-order valence-corrected chi connectivity index (χ0v) is 17.5. The molecule has 0 spiro atoms. The van der Waals surface area contributed by atoms with E-state index in [9.17, 15) is 28.6 Å². The molecule has 2 N–H and O–H groups in total. The summed E-state index contributed by atoms with van der Waals surface area (Å²) in [7, 11) is 0. The fraction of sp³-hybridized carbons (Fsp3) is 0.0417. The van der Waals surface area contributed by atoms with E-state index in [4.69, 9.17) is 0 Å². The normalized spacial score (nSPS) is 17.8. The van der Waals surface area contributed by atoms with E-state index in [-0.39, 0.29) is 22.0 Å². The number of aliphatic hydroxyl groups is 1. The zero-order valence-electron chi connectivity index (χ0n) is 16.7. The number of phenols is 1. The summed E-state index contributed by atoms with van der Waals surface area (Å²) in [6.45, 7) is 0. The lowest BCUT2D eigenvalue weighted by atomic mass is 9.95. The molecule has 1 aliphatic rings. The van der Waals surface area contributed by atoms with E-state index in [1.807, 2.05) is 0 Å². The number of ketones is 1. The average molecular weight is 464 g/mol. The van der Waals surface area contributed by atoms with Crippen molar-refractivity contribution in [1.29, 1.82) is 0 Å². The minimum absolute atomic E-state index is 0.105. The van der Waals surface area contributed by atoms with Crippen LogP contribution in [0.1, 0.15) is 17.2 Å². The summed E-state index contributed by atoms with van der Waals surface area (Å²) in [5.74, 6) is -3.50. The molecular weight excluding hydrogens is 450 g/mol. The first-order chi connectivity index (χ1) is 15.8. The summed E-state index contributed by atoms with van der Waals surface area (Å²) >= 11 is 1.01. The van der Waals surface area contributed by atoms with Crippen molar-refractivity contribution in [2.24, 2.45) is 0 Å². The molecule has 0 saturated carbocycles. The monoisotopic (exact) mass is 464 g/mol. The van der Waals surface area contributed by atoms with Crippen LogP contribution in [0.15, 0.2) is 72.3 Å². The highest BCUT2D eigenvalue weighted by Gasteiger charge is 2.48. The molecule has 1 saturated heterocycles. The van der Waals surface area contributed by atoms with E-state index in [1.165, 1.54) is 48.5 Å². The van der Waals surface area contributed by atoms with Crippen molar-refractivity contribution in [2.45, 2.75) is 6.04 Å². The molecule has 6 nitrogen and oxygen atoms in total. The second kappa shape index (κ2) is 7.79. The molecule has 0 bridgehead atoms. The van der Waals surface area contributed by atoms with Gasteiger partial charge in [0.05, 0.1) is 21.8 Å². The van der Waals surface area contributed by atoms with Gasteiger partial charge in [-0.1, -0.05) is 23.5 Å². The fourth-order valence-corrected chi connectivity index (χ4v) is 4.81. The maximum Gasteiger partial charge on any atom is 0.301 e. The summed E-state index contributed by atoms with van der Waals surface area (Å²) < 4.78 is 27.5. The van der Waals surface area contributed by atoms with Crippen LogP contribution in [0, 0.1) is 11.6 Å². The summed E-state index contributed by atoms with van der Waals surface area (Å²) in [6.07, 6.45) is 0. The molecule has 1 unspecified atom stereocenters. The predicted molar refractivity (Wildman–Crippen MR) is 119 cm³/mol. The van der Waals surface area contributed by atoms with Crippen molar-refractivity contribution in [1.82, 2.24) is 4.98 Å². The number of amides is 1. The molecule has 33 heavy (non-hydrogen) atoms. The van der Waals surface area contributed by atoms with E-state index in [0.29, 0.717) is 15.8 Å². The molecule has 3 aromatic carbocycles. The Labute approximate surface area is 189 Å². The van der Waals surface area contributed by atoms with Crippen molar-refractivity contribution in [3.05, 3.63) is 95.1 Å². The number of phenolic OH excluding ortho intramolecular Hbond substituents is 1. The van der Waals surface area contributed by atoms with Gasteiger partial charge in [0.2, 0.25) is 0 Å². The molecule has 164 valence electrons. The van der Waals surface area contributed by atoms with Gasteiger partial charge in [0.1, 0.15) is 23.1 Å². The third-order valence-corrected chi connectivity index (χ3v) is 6.31. The van der Waals surface area contributed by atoms with Crippen LogP contribution in [0.2, 0.25) is 0 Å². The van der Waals surface area contributed by atoms with Gasteiger partial charge in [0.25, 0.3) is 5.78 Å². The quantitative estimate of drug-likeness (QED) is 0.256. The number of aliphatic hydroxyl groups excluding tert-OH is 1. The summed E-state index contributed by atoms with van der Waals surface area (Å²) in [5.41, 5.74) is 0.698. The smallest absolute Gasteiger partial charge is 0.301 e. The molecule has 4 aromatic rings. The molecule has 1 amide bonds. The average Bonchev–Trinajstić information content (AvgIpc) is 3.32. The first-order valence-corrected chi connectivity index (χ1v) is 10.6. The third-order valence-electron chi connectivity index (χ3n) is 5.29. The molecule has 1 fully saturated rings. The lowest BCUT2D eigenvalue weighted by molar-refractivity contribution is -0.132. The van der Waals surface area contributed by atoms with Gasteiger partial charge < -0.3 is 10.2 Å². The summed E-state index contributed by atoms with van der Waals surface area (Å²) in [4.78, 5) is 31.7. The van der Waals surface area contributed by atoms with Gasteiger partial charge in [-0.3, -0.25) is 14.5 Å². The minimum atomic E-state index is -1.12. The van der Waals surface area contributed by atoms with Crippen LogP contribution < -0.4 is 4.90 Å². The number of halogens is 2. The molecule has 0 aliphatic carbocycles. The lowest BCUT2D eigenvalue weighted by Gasteiger charge is -2.23. The van der Waals surface area contributed by atoms with Gasteiger partial charge in [-0.15, -0.1) is 0 Å². The number of carbonyl (C=O) groups excluding carboxylic acids is 2. The Kier molecular flexibility index (Phi) is 4.90. The lowest BCUT2D eigenvalue weighted by Crippen LogP contribution is -2.29. The van der Waals surface area contributed by atoms with Crippen molar-refractivity contribution >= 4 is 44.1 Å². The summed E-state index contributed by atoms with van der Waals surface area (Å²) in [6, 6.07) is 13.6. The molecule has 1 atom stereocenters. The number of aromatic hydroxyl groups is 1. The van der Waals surface area contributed by atoms with Crippen LogP contribution >= 0.6 is 11.3 Å². The number of thiazole rings is 1. The highest BCUT2D eigenvalue weighted by atomic mass is 32.1. The topological polar surface area (TPSA) is 90.7 Å². The Morgan fingerprint density at radius 1 is 0.970 bits per heavy atom. The van der Waals surface area contributed by atoms with Crippen molar-refractivity contribution in [3.8, 4) is 5.75 Å². The van der Waals surface area contributed by atoms with Gasteiger partial charge >= 0.3 is 5.91 Å². The van der Waals surface area contributed by atoms with Crippen molar-refractivity contribution in [3.63, 3.8) is 0 Å². The van der Waals surface area contributed by atoms with Gasteiger partial charge in [-0.25, -0.2) is 13.8 Å². The second-order valence-electron chi connectivity index (χ2n) is 7.38. The van der Waals surface area contributed by atoms with E-state index >= 15 is 0 Å². The highest BCUT2D eigenvalue weighted by Crippen LogP contribution is 2.44. The van der Waals surface area contributed by atoms with Crippen LogP contribution in [-0.2, 0) is 9.59 Å². The Morgan fingerprint density at radius 3 is 2.42 bits per heavy atom. The third kappa shape index (κ3) is 3.52. The number of anilines is 1. The molecule has 9 heteroatoms. The number of carbonyl (C=O) groups is 2. The van der Waals surface area contributed by atoms with Gasteiger partial charge in [-0.2, -0.15) is 0 Å². The van der Waals surface area contributed by atoms with Crippen molar-refractivity contribution < 1.29 is 28.6 Å². The standard InChI is InChI=1S/C24H14F2N2O4S/c25-14-6-4-12(5-7-14)21(30)19-20(13-2-1-3-16(29)10-13)28(23(32)22(19)31)24-27-17-9-8-15(26)11-18(17)33-24/h1-11,20,29-30H/b21-19+. The number of hydrogen-bond donors (Lipinski definition) is 2. The molecule has 1 aromatic heterocycles. The number of nitrogens with zero attached hydrogens (tertiary/aromatic N) is 2. The van der Waals surface area contributed by atoms with Gasteiger partial charge in [-0.05, 0) is 60.2 Å². The van der Waals surface area contributed by atoms with Crippen LogP contribution in [0.4, 0.5) is 13.9 Å². The number of benzene rings is 3. The van der Waals surface area contributed by atoms with E-state index < -0.39 is 35.1 Å². The second-order valence-corrected chi connectivity index (χ2v) is 8.39. The van der Waals surface area contributed by atoms with E-state index in [1.54, 1.807) is 6.07 Å². The molecule has 5 rings (SSSR count). The van der Waals surface area contributed by atoms with Crippen LogP contribution in [0.3, 0.4) is 0 Å². The van der Waals surface area contributed by atoms with Gasteiger partial charge in [0, 0.05) is 5.56 Å². The van der Waals surface area contributed by atoms with Crippen LogP contribution in [0.5, 0.6) is 5.75 Å². The number of fused-ring (bicyclic) bond motifs is 1. The Hall–Kier alpha value is -4.11. The van der Waals surface area contributed by atoms with Crippen LogP contribution in [-0.4, -0.2) is 26.9 Å². The van der Waals surface area contributed by atoms with Crippen LogP contribution in [0.25, 0.3) is 16.0 Å². The zero-order chi connectivity index (χ0) is 23.3. The Balaban J connectivity index is 1.74. The molecular formula is C24H14F2N2O4S. The van der Waals surface area contributed by atoms with Gasteiger partial charge in [0.15, 0.2) is 5.13 Å². The summed E-state index contributed by atoms with van der Waals surface area (Å²) in [5, 5.41) is 21.1.